The van der Waals surface area contributed by atoms with Gasteiger partial charge >= 0.3 is 13.1 Å². The Morgan fingerprint density at radius 3 is 1.80 bits per heavy atom. The second-order valence-corrected chi connectivity index (χ2v) is 12.8. The van der Waals surface area contributed by atoms with Gasteiger partial charge in [-0.2, -0.15) is 0 Å². The molecular formula is C39H52BN7O8. The SMILES string of the molecule is CCc1ccc(NC(=O)CN(CCN(Cc2ccccn2)Cc2ccccn2)Cc2ccccn2)cc1.COC(=O)CC(O)C(CO)CC(NC=O)B(O)O. The number of hydrogen-bond acceptors (Lipinski definition) is 13. The number of carbonyl (C=O) groups is 3. The third-order valence-electron chi connectivity index (χ3n) is 8.66. The fraction of sp³-hybridized carbons (Fsp3) is 0.385. The number of ether oxygens (including phenoxy) is 1. The standard InChI is InChI=1S/C30H34N6O.C9H18BNO7/c1-2-25-12-14-26(15-13-25)34-30(37)24-36(23-29-11-5-8-18-33-29)20-19-35(21-27-9-3-6-16-31-27)22-28-10-4-7-17-32-28;1-18-9(15)3-7(14)6(4-12)2-8(10(16)17)11-5-13/h3-18H,2,19-24H2,1H3,(H,34,37);5-8,12,14,16-17H,2-4H2,1H3,(H,11,13). The Morgan fingerprint density at radius 1 is 0.836 bits per heavy atom. The van der Waals surface area contributed by atoms with Crippen LogP contribution in [0.5, 0.6) is 0 Å². The van der Waals surface area contributed by atoms with Crippen molar-refractivity contribution in [1.29, 1.82) is 0 Å². The van der Waals surface area contributed by atoms with Crippen LogP contribution in [0.4, 0.5) is 5.69 Å². The molecule has 0 fully saturated rings. The molecule has 0 aliphatic carbocycles. The first kappa shape index (κ1) is 44.3. The van der Waals surface area contributed by atoms with Crippen LogP contribution in [-0.2, 0) is 45.2 Å². The summed E-state index contributed by atoms with van der Waals surface area (Å²) in [6.45, 7) is 5.35. The van der Waals surface area contributed by atoms with Crippen LogP contribution in [0.3, 0.4) is 0 Å². The maximum atomic E-state index is 13.0. The number of aromatic nitrogens is 3. The number of aliphatic hydroxyl groups excluding tert-OH is 2. The lowest BCUT2D eigenvalue weighted by atomic mass is 9.73. The van der Waals surface area contributed by atoms with E-state index in [1.165, 1.54) is 5.56 Å². The van der Waals surface area contributed by atoms with Crippen LogP contribution in [0.2, 0.25) is 0 Å². The van der Waals surface area contributed by atoms with Crippen molar-refractivity contribution in [2.75, 3.05) is 38.7 Å². The molecule has 15 nitrogen and oxygen atoms in total. The molecule has 3 aromatic heterocycles. The number of pyridine rings is 3. The third-order valence-corrected chi connectivity index (χ3v) is 8.66. The number of rotatable bonds is 22. The molecule has 0 aliphatic rings. The maximum absolute atomic E-state index is 13.0. The fourth-order valence-electron chi connectivity index (χ4n) is 5.56. The van der Waals surface area contributed by atoms with Crippen molar-refractivity contribution < 1.29 is 39.4 Å². The zero-order valence-corrected chi connectivity index (χ0v) is 31.4. The fourth-order valence-corrected chi connectivity index (χ4v) is 5.56. The molecule has 2 amide bonds. The number of methoxy groups -OCH3 is 1. The first-order chi connectivity index (χ1) is 26.6. The van der Waals surface area contributed by atoms with Gasteiger partial charge in [0.25, 0.3) is 0 Å². The van der Waals surface area contributed by atoms with Gasteiger partial charge in [0.15, 0.2) is 0 Å². The van der Waals surface area contributed by atoms with E-state index in [0.29, 0.717) is 26.2 Å². The van der Waals surface area contributed by atoms with Crippen molar-refractivity contribution in [1.82, 2.24) is 30.1 Å². The Balaban J connectivity index is 0.000000382. The maximum Gasteiger partial charge on any atom is 0.475 e. The molecule has 294 valence electrons. The summed E-state index contributed by atoms with van der Waals surface area (Å²) in [7, 11) is -0.661. The van der Waals surface area contributed by atoms with Gasteiger partial charge in [0, 0.05) is 69.5 Å². The Bertz CT molecular complexity index is 1620. The summed E-state index contributed by atoms with van der Waals surface area (Å²) in [5.41, 5.74) is 5.00. The van der Waals surface area contributed by atoms with Crippen LogP contribution in [0.1, 0.15) is 42.4 Å². The second kappa shape index (κ2) is 25.1. The third kappa shape index (κ3) is 17.3. The minimum atomic E-state index is -1.82. The van der Waals surface area contributed by atoms with Crippen LogP contribution in [-0.4, -0.2) is 116 Å². The van der Waals surface area contributed by atoms with Gasteiger partial charge in [-0.05, 0) is 66.9 Å². The van der Waals surface area contributed by atoms with E-state index in [1.807, 2.05) is 91.3 Å². The number of benzene rings is 1. The lowest BCUT2D eigenvalue weighted by molar-refractivity contribution is -0.144. The molecule has 0 radical (unpaired) electrons. The average molecular weight is 758 g/mol. The zero-order chi connectivity index (χ0) is 39.8. The highest BCUT2D eigenvalue weighted by Gasteiger charge is 2.30. The van der Waals surface area contributed by atoms with E-state index in [4.69, 9.17) is 15.2 Å². The van der Waals surface area contributed by atoms with Crippen molar-refractivity contribution in [3.63, 3.8) is 0 Å². The molecule has 0 spiro atoms. The summed E-state index contributed by atoms with van der Waals surface area (Å²) < 4.78 is 4.36. The smallest absolute Gasteiger partial charge is 0.469 e. The van der Waals surface area contributed by atoms with Gasteiger partial charge in [0.2, 0.25) is 12.3 Å². The molecule has 0 saturated carbocycles. The number of aryl methyl sites for hydroxylation is 1. The molecule has 1 aromatic carbocycles. The first-order valence-corrected chi connectivity index (χ1v) is 18.1. The molecule has 4 rings (SSSR count). The van der Waals surface area contributed by atoms with Crippen LogP contribution in [0.25, 0.3) is 0 Å². The number of anilines is 1. The number of esters is 1. The summed E-state index contributed by atoms with van der Waals surface area (Å²) in [5.74, 6) is -2.51. The van der Waals surface area contributed by atoms with Crippen molar-refractivity contribution in [2.45, 2.75) is 57.9 Å². The molecular weight excluding hydrogens is 705 g/mol. The molecule has 0 aliphatic heterocycles. The van der Waals surface area contributed by atoms with E-state index >= 15 is 0 Å². The normalized spacial score (nSPS) is 12.5. The van der Waals surface area contributed by atoms with Gasteiger partial charge in [-0.3, -0.25) is 39.1 Å². The van der Waals surface area contributed by atoms with Crippen LogP contribution in [0.15, 0.2) is 97.5 Å². The monoisotopic (exact) mass is 757 g/mol. The minimum Gasteiger partial charge on any atom is -0.469 e. The van der Waals surface area contributed by atoms with Crippen LogP contribution >= 0.6 is 0 Å². The molecule has 0 bridgehead atoms. The first-order valence-electron chi connectivity index (χ1n) is 18.1. The quantitative estimate of drug-likeness (QED) is 0.0383. The minimum absolute atomic E-state index is 0.0406. The van der Waals surface area contributed by atoms with E-state index in [1.54, 1.807) is 6.20 Å². The zero-order valence-electron chi connectivity index (χ0n) is 31.4. The lowest BCUT2D eigenvalue weighted by Gasteiger charge is -2.27. The van der Waals surface area contributed by atoms with E-state index in [2.05, 4.69) is 47.0 Å². The molecule has 55 heavy (non-hydrogen) atoms. The van der Waals surface area contributed by atoms with Gasteiger partial charge in [-0.25, -0.2) is 0 Å². The van der Waals surface area contributed by atoms with Crippen LogP contribution in [0, 0.1) is 5.92 Å². The highest BCUT2D eigenvalue weighted by molar-refractivity contribution is 6.43. The summed E-state index contributed by atoms with van der Waals surface area (Å²) in [6.07, 6.45) is 5.07. The molecule has 6 N–H and O–H groups in total. The van der Waals surface area contributed by atoms with Gasteiger partial charge in [-0.1, -0.05) is 37.3 Å². The Kier molecular flexibility index (Phi) is 20.2. The van der Waals surface area contributed by atoms with Crippen molar-refractivity contribution in [3.8, 4) is 0 Å². The summed E-state index contributed by atoms with van der Waals surface area (Å²) >= 11 is 0. The van der Waals surface area contributed by atoms with E-state index in [0.717, 1.165) is 42.8 Å². The predicted molar refractivity (Wildman–Crippen MR) is 208 cm³/mol. The van der Waals surface area contributed by atoms with Crippen LogP contribution < -0.4 is 10.6 Å². The molecule has 4 aromatic rings. The van der Waals surface area contributed by atoms with Crippen molar-refractivity contribution >= 4 is 31.1 Å². The summed E-state index contributed by atoms with van der Waals surface area (Å²) in [6, 6.07) is 25.8. The van der Waals surface area contributed by atoms with E-state index in [9.17, 15) is 19.5 Å². The molecule has 3 unspecified atom stereocenters. The summed E-state index contributed by atoms with van der Waals surface area (Å²) in [4.78, 5) is 52.2. The topological polar surface area (TPSA) is 211 Å². The Hall–Kier alpha value is -5.10. The molecule has 0 saturated heterocycles. The highest BCUT2D eigenvalue weighted by atomic mass is 16.5. The molecule has 3 atom stereocenters. The number of aliphatic hydroxyl groups is 2. The average Bonchev–Trinajstić information content (AvgIpc) is 3.20. The van der Waals surface area contributed by atoms with E-state index < -0.39 is 37.7 Å². The largest absolute Gasteiger partial charge is 0.475 e. The van der Waals surface area contributed by atoms with Crippen molar-refractivity contribution in [2.24, 2.45) is 5.92 Å². The molecule has 3 heterocycles. The number of nitrogens with zero attached hydrogens (tertiary/aromatic N) is 5. The number of hydrogen-bond donors (Lipinski definition) is 6. The number of nitrogens with one attached hydrogen (secondary N) is 2. The predicted octanol–water partition coefficient (Wildman–Crippen LogP) is 1.61. The van der Waals surface area contributed by atoms with Gasteiger partial charge in [-0.15, -0.1) is 0 Å². The number of amides is 2. The second-order valence-electron chi connectivity index (χ2n) is 12.8. The highest BCUT2D eigenvalue weighted by Crippen LogP contribution is 2.16. The molecule has 16 heteroatoms. The Morgan fingerprint density at radius 2 is 1.36 bits per heavy atom. The van der Waals surface area contributed by atoms with Crippen molar-refractivity contribution in [3.05, 3.63) is 120 Å². The lowest BCUT2D eigenvalue weighted by Crippen LogP contribution is -2.46. The van der Waals surface area contributed by atoms with Gasteiger partial charge in [0.05, 0.1) is 49.2 Å². The Labute approximate surface area is 322 Å². The summed E-state index contributed by atoms with van der Waals surface area (Å²) in [5, 5.41) is 41.9. The van der Waals surface area contributed by atoms with E-state index in [-0.39, 0.29) is 31.7 Å². The van der Waals surface area contributed by atoms with Gasteiger partial charge < -0.3 is 35.6 Å². The van der Waals surface area contributed by atoms with Gasteiger partial charge in [0.1, 0.15) is 0 Å². The number of carbonyl (C=O) groups excluding carboxylic acids is 3.